The molecule has 1 aromatic carbocycles. The Kier molecular flexibility index (Phi) is 9.46. The third-order valence-corrected chi connectivity index (χ3v) is 9.53. The molecule has 5 heterocycles. The highest BCUT2D eigenvalue weighted by Crippen LogP contribution is 2.29. The summed E-state index contributed by atoms with van der Waals surface area (Å²) in [5.74, 6) is -0.730. The van der Waals surface area contributed by atoms with Crippen LogP contribution >= 0.6 is 0 Å². The number of carbonyl (C=O) groups is 3. The number of ether oxygens (including phenoxy) is 3. The maximum atomic E-state index is 14.0. The molecule has 0 radical (unpaired) electrons. The molecule has 13 heteroatoms. The quantitative estimate of drug-likeness (QED) is 0.386. The van der Waals surface area contributed by atoms with Crippen LogP contribution in [0.4, 0.5) is 0 Å². The van der Waals surface area contributed by atoms with E-state index in [1.54, 1.807) is 21.9 Å². The third-order valence-electron chi connectivity index (χ3n) is 9.53. The number of fused-ring (bicyclic) bond motifs is 6. The first-order chi connectivity index (χ1) is 21.3. The minimum Gasteiger partial charge on any atom is -0.388 e. The fourth-order valence-corrected chi connectivity index (χ4v) is 7.13. The molecule has 6 bridgehead atoms. The number of hydrogen-bond acceptors (Lipinski definition) is 10. The predicted molar refractivity (Wildman–Crippen MR) is 154 cm³/mol. The zero-order chi connectivity index (χ0) is 30.8. The SMILES string of the molecule is N#Cc1ccc(CN2C[C@@H]3C[C@H]2C(=O)N2CCO[C@H](CN(C(=O)C4CCOCC4)C[C@H]4O[C@@H](CC(=O)N3)[C@H](O)[C@@H]4O)C2)cc1. The molecular weight excluding hydrogens is 570 g/mol. The van der Waals surface area contributed by atoms with Crippen molar-refractivity contribution in [2.45, 2.75) is 74.8 Å². The van der Waals surface area contributed by atoms with Gasteiger partial charge in [0.15, 0.2) is 0 Å². The summed E-state index contributed by atoms with van der Waals surface area (Å²) < 4.78 is 17.6. The average Bonchev–Trinajstić information content (AvgIpc) is 3.55. The van der Waals surface area contributed by atoms with Gasteiger partial charge in [0.2, 0.25) is 17.7 Å². The number of aliphatic hydroxyl groups is 2. The van der Waals surface area contributed by atoms with E-state index in [4.69, 9.17) is 14.2 Å². The lowest BCUT2D eigenvalue weighted by Gasteiger charge is -2.39. The summed E-state index contributed by atoms with van der Waals surface area (Å²) in [5, 5.41) is 33.9. The molecule has 5 fully saturated rings. The molecule has 0 aromatic heterocycles. The van der Waals surface area contributed by atoms with E-state index in [-0.39, 0.29) is 49.2 Å². The van der Waals surface area contributed by atoms with Gasteiger partial charge in [0.1, 0.15) is 18.3 Å². The second-order valence-corrected chi connectivity index (χ2v) is 12.6. The molecule has 0 saturated carbocycles. The summed E-state index contributed by atoms with van der Waals surface area (Å²) >= 11 is 0. The van der Waals surface area contributed by atoms with Gasteiger partial charge in [0, 0.05) is 64.4 Å². The monoisotopic (exact) mass is 611 g/mol. The molecule has 1 aromatic rings. The van der Waals surface area contributed by atoms with E-state index in [1.165, 1.54) is 0 Å². The van der Waals surface area contributed by atoms with Crippen LogP contribution in [0.3, 0.4) is 0 Å². The summed E-state index contributed by atoms with van der Waals surface area (Å²) in [4.78, 5) is 46.4. The Hall–Kier alpha value is -3.12. The van der Waals surface area contributed by atoms with Crippen molar-refractivity contribution < 1.29 is 38.8 Å². The van der Waals surface area contributed by atoms with E-state index in [1.807, 2.05) is 12.1 Å². The van der Waals surface area contributed by atoms with Crippen molar-refractivity contribution in [3.63, 3.8) is 0 Å². The summed E-state index contributed by atoms with van der Waals surface area (Å²) in [6, 6.07) is 8.58. The van der Waals surface area contributed by atoms with E-state index < -0.39 is 36.6 Å². The Labute approximate surface area is 256 Å². The van der Waals surface area contributed by atoms with Gasteiger partial charge < -0.3 is 39.5 Å². The van der Waals surface area contributed by atoms with Gasteiger partial charge >= 0.3 is 0 Å². The number of morpholine rings is 1. The highest BCUT2D eigenvalue weighted by Gasteiger charge is 2.47. The number of amides is 3. The summed E-state index contributed by atoms with van der Waals surface area (Å²) in [6.45, 7) is 3.17. The molecule has 5 saturated heterocycles. The highest BCUT2D eigenvalue weighted by atomic mass is 16.5. The average molecular weight is 612 g/mol. The van der Waals surface area contributed by atoms with Crippen molar-refractivity contribution in [2.75, 3.05) is 52.5 Å². The minimum absolute atomic E-state index is 0.0317. The largest absolute Gasteiger partial charge is 0.388 e. The number of nitriles is 1. The number of hydrogen-bond donors (Lipinski definition) is 3. The van der Waals surface area contributed by atoms with Gasteiger partial charge in [-0.05, 0) is 37.0 Å². The third kappa shape index (κ3) is 6.75. The molecule has 0 spiro atoms. The number of nitrogens with one attached hydrogen (secondary N) is 1. The van der Waals surface area contributed by atoms with Crippen LogP contribution in [0.25, 0.3) is 0 Å². The maximum absolute atomic E-state index is 14.0. The fourth-order valence-electron chi connectivity index (χ4n) is 7.13. The number of aliphatic hydroxyl groups excluding tert-OH is 2. The van der Waals surface area contributed by atoms with Crippen LogP contribution in [-0.4, -0.2) is 138 Å². The molecule has 5 aliphatic rings. The van der Waals surface area contributed by atoms with Crippen molar-refractivity contribution in [1.29, 1.82) is 5.26 Å². The molecule has 6 rings (SSSR count). The van der Waals surface area contributed by atoms with Crippen LogP contribution < -0.4 is 5.32 Å². The number of nitrogens with zero attached hydrogens (tertiary/aromatic N) is 4. The molecule has 7 atom stereocenters. The lowest BCUT2D eigenvalue weighted by molar-refractivity contribution is -0.150. The second-order valence-electron chi connectivity index (χ2n) is 12.6. The summed E-state index contributed by atoms with van der Waals surface area (Å²) in [6.07, 6.45) is -3.37. The minimum atomic E-state index is -1.28. The summed E-state index contributed by atoms with van der Waals surface area (Å²) in [5.41, 5.74) is 1.50. The molecular formula is C31H41N5O8. The molecule has 0 unspecified atom stereocenters. The van der Waals surface area contributed by atoms with Crippen LogP contribution in [0, 0.1) is 17.2 Å². The Balaban J connectivity index is 1.26. The second kappa shape index (κ2) is 13.5. The number of rotatable bonds is 3. The molecule has 3 amide bonds. The van der Waals surface area contributed by atoms with Gasteiger partial charge in [0.05, 0.1) is 42.9 Å². The van der Waals surface area contributed by atoms with E-state index >= 15 is 0 Å². The van der Waals surface area contributed by atoms with Crippen molar-refractivity contribution in [3.8, 4) is 6.07 Å². The Morgan fingerprint density at radius 2 is 1.75 bits per heavy atom. The smallest absolute Gasteiger partial charge is 0.240 e. The topological polar surface area (TPSA) is 165 Å². The fraction of sp³-hybridized carbons (Fsp3) is 0.677. The zero-order valence-electron chi connectivity index (χ0n) is 24.8. The zero-order valence-corrected chi connectivity index (χ0v) is 24.8. The first-order valence-corrected chi connectivity index (χ1v) is 15.6. The first kappa shape index (κ1) is 30.9. The summed E-state index contributed by atoms with van der Waals surface area (Å²) in [7, 11) is 0. The molecule has 0 aliphatic carbocycles. The Morgan fingerprint density at radius 1 is 1.00 bits per heavy atom. The van der Waals surface area contributed by atoms with Crippen LogP contribution in [0.2, 0.25) is 0 Å². The van der Waals surface area contributed by atoms with Gasteiger partial charge in [0.25, 0.3) is 0 Å². The highest BCUT2D eigenvalue weighted by molar-refractivity contribution is 5.83. The molecule has 44 heavy (non-hydrogen) atoms. The Bertz CT molecular complexity index is 1250. The molecule has 238 valence electrons. The van der Waals surface area contributed by atoms with Crippen LogP contribution in [0.1, 0.15) is 36.8 Å². The van der Waals surface area contributed by atoms with Crippen LogP contribution in [-0.2, 0) is 35.1 Å². The normalized spacial score (nSPS) is 34.1. The standard InChI is InChI=1S/C31H41N5O8/c32-13-19-1-3-20(4-2-19)14-35-15-22-11-24(35)31(41)34-7-10-43-23(16-34)17-36(30(40)21-5-8-42-9-6-21)18-26-29(39)28(38)25(44-26)12-27(37)33-22/h1-4,21-26,28-29,38-39H,5-12,14-18H2,(H,33,37)/t22-,23-,24-,25-,26+,28-,29+/m0/s1. The number of carbonyl (C=O) groups excluding carboxylic acids is 3. The van der Waals surface area contributed by atoms with E-state index in [9.17, 15) is 29.9 Å². The van der Waals surface area contributed by atoms with Gasteiger partial charge in [-0.15, -0.1) is 0 Å². The first-order valence-electron chi connectivity index (χ1n) is 15.6. The predicted octanol–water partition coefficient (Wildman–Crippen LogP) is -1.01. The molecule has 13 nitrogen and oxygen atoms in total. The molecule has 3 N–H and O–H groups in total. The molecule has 5 aliphatic heterocycles. The van der Waals surface area contributed by atoms with Gasteiger partial charge in [-0.1, -0.05) is 12.1 Å². The van der Waals surface area contributed by atoms with Gasteiger partial charge in [-0.2, -0.15) is 5.26 Å². The maximum Gasteiger partial charge on any atom is 0.240 e. The number of benzene rings is 1. The van der Waals surface area contributed by atoms with Crippen LogP contribution in [0.15, 0.2) is 24.3 Å². The van der Waals surface area contributed by atoms with Crippen molar-refractivity contribution in [3.05, 3.63) is 35.4 Å². The van der Waals surface area contributed by atoms with Crippen molar-refractivity contribution >= 4 is 17.7 Å². The van der Waals surface area contributed by atoms with E-state index in [2.05, 4.69) is 16.3 Å². The van der Waals surface area contributed by atoms with Crippen molar-refractivity contribution in [1.82, 2.24) is 20.0 Å². The lowest BCUT2D eigenvalue weighted by atomic mass is 9.97. The van der Waals surface area contributed by atoms with E-state index in [0.29, 0.717) is 70.8 Å². The number of likely N-dealkylation sites (tertiary alicyclic amines) is 1. The van der Waals surface area contributed by atoms with E-state index in [0.717, 1.165) is 5.56 Å². The van der Waals surface area contributed by atoms with Gasteiger partial charge in [-0.25, -0.2) is 0 Å². The van der Waals surface area contributed by atoms with Crippen molar-refractivity contribution in [2.24, 2.45) is 5.92 Å². The van der Waals surface area contributed by atoms with Crippen LogP contribution in [0.5, 0.6) is 0 Å². The lowest BCUT2D eigenvalue weighted by Crippen LogP contribution is -2.56. The van der Waals surface area contributed by atoms with Gasteiger partial charge in [-0.3, -0.25) is 19.3 Å². The Morgan fingerprint density at radius 3 is 2.50 bits per heavy atom.